The highest BCUT2D eigenvalue weighted by Gasteiger charge is 2.06. The van der Waals surface area contributed by atoms with Gasteiger partial charge < -0.3 is 5.11 Å². The van der Waals surface area contributed by atoms with Crippen LogP contribution in [0.2, 0.25) is 6.82 Å². The van der Waals surface area contributed by atoms with E-state index in [-0.39, 0.29) is 0 Å². The lowest BCUT2D eigenvalue weighted by atomic mass is 9.72. The van der Waals surface area contributed by atoms with E-state index in [9.17, 15) is 4.79 Å². The van der Waals surface area contributed by atoms with Crippen molar-refractivity contribution in [2.24, 2.45) is 0 Å². The number of carbonyl (C=O) groups is 1. The summed E-state index contributed by atoms with van der Waals surface area (Å²) in [7, 11) is 1.88. The second kappa shape index (κ2) is 3.43. The van der Waals surface area contributed by atoms with E-state index in [1.165, 1.54) is 0 Å². The van der Waals surface area contributed by atoms with Crippen molar-refractivity contribution >= 4 is 18.7 Å². The van der Waals surface area contributed by atoms with Gasteiger partial charge in [0.15, 0.2) is 0 Å². The number of benzene rings is 1. The Morgan fingerprint density at radius 2 is 2.17 bits per heavy atom. The molecular weight excluding hydrogens is 151 g/mol. The van der Waals surface area contributed by atoms with Gasteiger partial charge in [-0.25, -0.2) is 4.79 Å². The van der Waals surface area contributed by atoms with Crippen molar-refractivity contribution in [2.75, 3.05) is 0 Å². The third-order valence-corrected chi connectivity index (χ3v) is 1.83. The first-order chi connectivity index (χ1) is 5.65. The van der Waals surface area contributed by atoms with E-state index in [1.54, 1.807) is 13.0 Å². The minimum Gasteiger partial charge on any atom is -0.478 e. The Morgan fingerprint density at radius 3 is 2.67 bits per heavy atom. The van der Waals surface area contributed by atoms with Gasteiger partial charge in [-0.1, -0.05) is 30.5 Å². The molecule has 0 amide bonds. The predicted molar refractivity (Wildman–Crippen MR) is 49.4 cm³/mol. The summed E-state index contributed by atoms with van der Waals surface area (Å²) in [5.74, 6) is -0.865. The Morgan fingerprint density at radius 1 is 1.50 bits per heavy atom. The number of hydrogen-bond donors (Lipinski definition) is 1. The summed E-state index contributed by atoms with van der Waals surface area (Å²) in [5, 5.41) is 8.77. The molecule has 0 fully saturated rings. The third kappa shape index (κ3) is 1.67. The van der Waals surface area contributed by atoms with E-state index in [0.717, 1.165) is 11.0 Å². The van der Waals surface area contributed by atoms with Crippen molar-refractivity contribution in [2.45, 2.75) is 13.7 Å². The van der Waals surface area contributed by atoms with Gasteiger partial charge in [0.05, 0.1) is 5.56 Å². The zero-order chi connectivity index (χ0) is 9.14. The number of hydrogen-bond acceptors (Lipinski definition) is 1. The molecule has 1 N–H and O–H groups in total. The zero-order valence-electron chi connectivity index (χ0n) is 7.16. The lowest BCUT2D eigenvalue weighted by molar-refractivity contribution is 0.0696. The van der Waals surface area contributed by atoms with Crippen molar-refractivity contribution in [3.63, 3.8) is 0 Å². The Labute approximate surface area is 72.5 Å². The molecule has 0 unspecified atom stereocenters. The van der Waals surface area contributed by atoms with E-state index < -0.39 is 5.97 Å². The van der Waals surface area contributed by atoms with Crippen LogP contribution in [0.25, 0.3) is 0 Å². The monoisotopic (exact) mass is 161 g/mol. The molecule has 0 bridgehead atoms. The molecule has 0 heterocycles. The Hall–Kier alpha value is -1.25. The summed E-state index contributed by atoms with van der Waals surface area (Å²) in [4.78, 5) is 10.7. The maximum Gasteiger partial charge on any atom is 0.335 e. The smallest absolute Gasteiger partial charge is 0.335 e. The molecule has 0 atom stereocenters. The fourth-order valence-corrected chi connectivity index (χ4v) is 1.05. The average Bonchev–Trinajstić information content (AvgIpc) is 2.05. The summed E-state index contributed by atoms with van der Waals surface area (Å²) in [6, 6.07) is 5.40. The normalized spacial score (nSPS) is 9.50. The van der Waals surface area contributed by atoms with Crippen LogP contribution < -0.4 is 5.46 Å². The fourth-order valence-electron chi connectivity index (χ4n) is 1.05. The Kier molecular flexibility index (Phi) is 2.53. The molecule has 3 heteroatoms. The van der Waals surface area contributed by atoms with Gasteiger partial charge >= 0.3 is 5.97 Å². The number of carboxylic acids is 1. The van der Waals surface area contributed by atoms with Crippen LogP contribution in [-0.4, -0.2) is 18.4 Å². The Bertz CT molecular complexity index is 307. The average molecular weight is 161 g/mol. The van der Waals surface area contributed by atoms with Crippen LogP contribution in [0.4, 0.5) is 0 Å². The van der Waals surface area contributed by atoms with Crippen LogP contribution in [-0.2, 0) is 0 Å². The molecule has 0 saturated heterocycles. The van der Waals surface area contributed by atoms with E-state index in [4.69, 9.17) is 5.11 Å². The molecule has 0 aliphatic rings. The molecule has 0 spiro atoms. The van der Waals surface area contributed by atoms with E-state index in [0.29, 0.717) is 5.56 Å². The molecule has 61 valence electrons. The molecule has 0 aliphatic heterocycles. The van der Waals surface area contributed by atoms with Gasteiger partial charge in [0.2, 0.25) is 0 Å². The fraction of sp³-hybridized carbons (Fsp3) is 0.222. The molecule has 0 aromatic heterocycles. The van der Waals surface area contributed by atoms with Gasteiger partial charge in [0.25, 0.3) is 0 Å². The first kappa shape index (κ1) is 8.85. The van der Waals surface area contributed by atoms with E-state index >= 15 is 0 Å². The number of carboxylic acid groups (broad SMARTS) is 1. The number of aryl methyl sites for hydroxylation is 1. The van der Waals surface area contributed by atoms with Crippen LogP contribution in [0.5, 0.6) is 0 Å². The summed E-state index contributed by atoms with van der Waals surface area (Å²) in [6.45, 7) is 3.68. The highest BCUT2D eigenvalue weighted by Crippen LogP contribution is 2.04. The largest absolute Gasteiger partial charge is 0.478 e. The minimum atomic E-state index is -0.865. The van der Waals surface area contributed by atoms with Gasteiger partial charge in [0, 0.05) is 0 Å². The highest BCUT2D eigenvalue weighted by atomic mass is 16.4. The van der Waals surface area contributed by atoms with E-state index in [2.05, 4.69) is 0 Å². The van der Waals surface area contributed by atoms with Gasteiger partial charge in [-0.2, -0.15) is 0 Å². The van der Waals surface area contributed by atoms with Crippen molar-refractivity contribution in [3.05, 3.63) is 29.3 Å². The van der Waals surface area contributed by atoms with Gasteiger partial charge in [-0.05, 0) is 12.5 Å². The number of aromatic carboxylic acids is 1. The lowest BCUT2D eigenvalue weighted by Gasteiger charge is -2.02. The molecule has 1 aromatic rings. The summed E-state index contributed by atoms with van der Waals surface area (Å²) in [5.41, 5.74) is 2.12. The lowest BCUT2D eigenvalue weighted by Crippen LogP contribution is -2.13. The zero-order valence-corrected chi connectivity index (χ0v) is 7.16. The molecule has 0 saturated carbocycles. The Balaban J connectivity index is 3.17. The number of rotatable bonds is 2. The van der Waals surface area contributed by atoms with Crippen LogP contribution in [0.15, 0.2) is 18.2 Å². The maximum atomic E-state index is 10.7. The van der Waals surface area contributed by atoms with Crippen LogP contribution in [0.3, 0.4) is 0 Å². The summed E-state index contributed by atoms with van der Waals surface area (Å²) in [6.07, 6.45) is 0. The van der Waals surface area contributed by atoms with Gasteiger partial charge in [0.1, 0.15) is 7.28 Å². The van der Waals surface area contributed by atoms with Crippen LogP contribution >= 0.6 is 0 Å². The molecule has 2 nitrogen and oxygen atoms in total. The third-order valence-electron chi connectivity index (χ3n) is 1.83. The molecule has 1 aromatic carbocycles. The highest BCUT2D eigenvalue weighted by molar-refractivity contribution is 6.52. The van der Waals surface area contributed by atoms with Crippen LogP contribution in [0.1, 0.15) is 15.9 Å². The van der Waals surface area contributed by atoms with Crippen LogP contribution in [0, 0.1) is 6.92 Å². The van der Waals surface area contributed by atoms with Gasteiger partial charge in [-0.15, -0.1) is 0 Å². The molecule has 1 rings (SSSR count). The second-order valence-corrected chi connectivity index (χ2v) is 2.67. The van der Waals surface area contributed by atoms with E-state index in [1.807, 2.05) is 26.2 Å². The standard InChI is InChI=1S/C9H10BO2/c1-6-3-4-7(10-2)5-8(6)9(11)12/h3-5H,1-2H3,(H,11,12). The molecule has 12 heavy (non-hydrogen) atoms. The summed E-state index contributed by atoms with van der Waals surface area (Å²) >= 11 is 0. The first-order valence-electron chi connectivity index (χ1n) is 3.78. The maximum absolute atomic E-state index is 10.7. The second-order valence-electron chi connectivity index (χ2n) is 2.67. The van der Waals surface area contributed by atoms with Crippen molar-refractivity contribution < 1.29 is 9.90 Å². The van der Waals surface area contributed by atoms with Crippen molar-refractivity contribution in [1.29, 1.82) is 0 Å². The first-order valence-corrected chi connectivity index (χ1v) is 3.78. The van der Waals surface area contributed by atoms with Crippen molar-refractivity contribution in [1.82, 2.24) is 0 Å². The van der Waals surface area contributed by atoms with Gasteiger partial charge in [-0.3, -0.25) is 0 Å². The molecule has 1 radical (unpaired) electrons. The SMILES string of the molecule is C[B]c1ccc(C)c(C(=O)O)c1. The van der Waals surface area contributed by atoms with Crippen molar-refractivity contribution in [3.8, 4) is 0 Å². The quantitative estimate of drug-likeness (QED) is 0.658. The molecule has 0 aliphatic carbocycles. The topological polar surface area (TPSA) is 37.3 Å². The summed E-state index contributed by atoms with van der Waals surface area (Å²) < 4.78 is 0. The molecular formula is C9H10BO2. The minimum absolute atomic E-state index is 0.380. The predicted octanol–water partition coefficient (Wildman–Crippen LogP) is 1.07.